The number of piperidine rings is 1. The largest absolute Gasteiger partial charge is 0.419 e. The first kappa shape index (κ1) is 14.7. The van der Waals surface area contributed by atoms with E-state index in [2.05, 4.69) is 26.9 Å². The van der Waals surface area contributed by atoms with Crippen LogP contribution < -0.4 is 0 Å². The zero-order valence-electron chi connectivity index (χ0n) is 12.6. The van der Waals surface area contributed by atoms with Gasteiger partial charge in [0.15, 0.2) is 0 Å². The Kier molecular flexibility index (Phi) is 4.50. The van der Waals surface area contributed by atoms with Gasteiger partial charge < -0.3 is 4.42 Å². The first-order chi connectivity index (χ1) is 10.8. The highest BCUT2D eigenvalue weighted by Gasteiger charge is 2.28. The highest BCUT2D eigenvalue weighted by Crippen LogP contribution is 2.31. The van der Waals surface area contributed by atoms with Crippen molar-refractivity contribution in [2.45, 2.75) is 32.2 Å². The van der Waals surface area contributed by atoms with E-state index < -0.39 is 0 Å². The summed E-state index contributed by atoms with van der Waals surface area (Å²) in [6, 6.07) is 6.51. The van der Waals surface area contributed by atoms with E-state index in [1.807, 2.05) is 6.92 Å². The third kappa shape index (κ3) is 3.02. The van der Waals surface area contributed by atoms with E-state index in [1.165, 1.54) is 6.07 Å². The maximum Gasteiger partial charge on any atom is 0.250 e. The topological polar surface area (TPSA) is 42.2 Å². The number of halogens is 1. The van der Waals surface area contributed by atoms with Gasteiger partial charge >= 0.3 is 0 Å². The molecule has 1 atom stereocenters. The smallest absolute Gasteiger partial charge is 0.250 e. The molecule has 1 aliphatic heterocycles. The molecule has 4 nitrogen and oxygen atoms in total. The van der Waals surface area contributed by atoms with Gasteiger partial charge in [0.25, 0.3) is 5.89 Å². The van der Waals surface area contributed by atoms with Crippen LogP contribution in [-0.4, -0.2) is 28.2 Å². The Morgan fingerprint density at radius 1 is 1.32 bits per heavy atom. The number of aromatic nitrogens is 2. The molecule has 0 bridgehead atoms. The average Bonchev–Trinajstić information content (AvgIpc) is 3.03. The van der Waals surface area contributed by atoms with Crippen molar-refractivity contribution >= 4 is 0 Å². The predicted molar refractivity (Wildman–Crippen MR) is 81.3 cm³/mol. The number of nitrogens with zero attached hydrogens (tertiary/aromatic N) is 3. The highest BCUT2D eigenvalue weighted by atomic mass is 19.1. The summed E-state index contributed by atoms with van der Waals surface area (Å²) in [5.74, 6) is 6.45. The van der Waals surface area contributed by atoms with Crippen molar-refractivity contribution in [3.8, 4) is 23.3 Å². The Bertz CT molecular complexity index is 701. The van der Waals surface area contributed by atoms with Crippen molar-refractivity contribution in [2.75, 3.05) is 13.1 Å². The van der Waals surface area contributed by atoms with E-state index in [1.54, 1.807) is 18.2 Å². The fourth-order valence-corrected chi connectivity index (χ4v) is 2.75. The molecule has 0 amide bonds. The van der Waals surface area contributed by atoms with Crippen LogP contribution in [0.15, 0.2) is 28.7 Å². The first-order valence-electron chi connectivity index (χ1n) is 7.51. The molecule has 2 aromatic rings. The first-order valence-corrected chi connectivity index (χ1v) is 7.51. The van der Waals surface area contributed by atoms with Gasteiger partial charge in [0.05, 0.1) is 18.2 Å². The molecule has 22 heavy (non-hydrogen) atoms. The van der Waals surface area contributed by atoms with Gasteiger partial charge in [-0.3, -0.25) is 4.90 Å². The fraction of sp³-hybridized carbons (Fsp3) is 0.412. The summed E-state index contributed by atoms with van der Waals surface area (Å²) in [6.45, 7) is 3.50. The van der Waals surface area contributed by atoms with E-state index >= 15 is 0 Å². The van der Waals surface area contributed by atoms with Crippen molar-refractivity contribution in [1.82, 2.24) is 15.1 Å². The lowest BCUT2D eigenvalue weighted by Crippen LogP contribution is -2.33. The molecule has 0 radical (unpaired) electrons. The van der Waals surface area contributed by atoms with E-state index in [0.717, 1.165) is 25.8 Å². The number of likely N-dealkylation sites (tertiary alicyclic amines) is 1. The SMILES string of the molecule is CC#CCN1CCCCC1c1nnc(-c2ccccc2F)o1. The molecule has 1 aromatic heterocycles. The van der Waals surface area contributed by atoms with Gasteiger partial charge in [-0.15, -0.1) is 16.1 Å². The molecule has 0 saturated carbocycles. The molecule has 1 fully saturated rings. The van der Waals surface area contributed by atoms with Gasteiger partial charge in [-0.25, -0.2) is 4.39 Å². The molecule has 0 spiro atoms. The van der Waals surface area contributed by atoms with Gasteiger partial charge in [-0.05, 0) is 38.4 Å². The molecule has 3 rings (SSSR count). The minimum atomic E-state index is -0.352. The van der Waals surface area contributed by atoms with Gasteiger partial charge in [-0.2, -0.15) is 0 Å². The molecule has 0 aliphatic carbocycles. The van der Waals surface area contributed by atoms with Crippen molar-refractivity contribution in [3.63, 3.8) is 0 Å². The maximum absolute atomic E-state index is 13.8. The van der Waals surface area contributed by atoms with Crippen molar-refractivity contribution in [2.24, 2.45) is 0 Å². The molecule has 1 aliphatic rings. The zero-order chi connectivity index (χ0) is 15.4. The lowest BCUT2D eigenvalue weighted by Gasteiger charge is -2.31. The molecule has 0 N–H and O–H groups in total. The standard InChI is InChI=1S/C17H18FN3O/c1-2-3-11-21-12-7-6-10-15(21)17-20-19-16(22-17)13-8-4-5-9-14(13)18/h4-5,8-9,15H,6-7,10-12H2,1H3. The quantitative estimate of drug-likeness (QED) is 0.814. The van der Waals surface area contributed by atoms with Gasteiger partial charge in [0.1, 0.15) is 5.82 Å². The third-order valence-electron chi connectivity index (χ3n) is 3.90. The Labute approximate surface area is 129 Å². The minimum absolute atomic E-state index is 0.0719. The van der Waals surface area contributed by atoms with Crippen LogP contribution in [0, 0.1) is 17.7 Å². The van der Waals surface area contributed by atoms with Crippen LogP contribution in [-0.2, 0) is 0 Å². The van der Waals surface area contributed by atoms with E-state index in [9.17, 15) is 4.39 Å². The molecule has 1 saturated heterocycles. The monoisotopic (exact) mass is 299 g/mol. The van der Waals surface area contributed by atoms with Crippen LogP contribution in [0.25, 0.3) is 11.5 Å². The number of rotatable bonds is 3. The van der Waals surface area contributed by atoms with Crippen LogP contribution in [0.4, 0.5) is 4.39 Å². The Morgan fingerprint density at radius 3 is 3.00 bits per heavy atom. The second kappa shape index (κ2) is 6.71. The predicted octanol–water partition coefficient (Wildman–Crippen LogP) is 3.43. The van der Waals surface area contributed by atoms with Crippen molar-refractivity contribution < 1.29 is 8.81 Å². The minimum Gasteiger partial charge on any atom is -0.419 e. The summed E-state index contributed by atoms with van der Waals surface area (Å²) >= 11 is 0. The Balaban J connectivity index is 1.85. The van der Waals surface area contributed by atoms with E-state index in [4.69, 9.17) is 4.42 Å². The summed E-state index contributed by atoms with van der Waals surface area (Å²) in [5, 5.41) is 8.16. The average molecular weight is 299 g/mol. The summed E-state index contributed by atoms with van der Waals surface area (Å²) in [4.78, 5) is 2.25. The lowest BCUT2D eigenvalue weighted by molar-refractivity contribution is 0.143. The van der Waals surface area contributed by atoms with Gasteiger partial charge in [-0.1, -0.05) is 24.5 Å². The lowest BCUT2D eigenvalue weighted by atomic mass is 10.0. The molecule has 1 unspecified atom stereocenters. The molecule has 1 aromatic carbocycles. The summed E-state index contributed by atoms with van der Waals surface area (Å²) < 4.78 is 19.6. The summed E-state index contributed by atoms with van der Waals surface area (Å²) in [6.07, 6.45) is 3.23. The number of hydrogen-bond acceptors (Lipinski definition) is 4. The Hall–Kier alpha value is -2.19. The van der Waals surface area contributed by atoms with Crippen LogP contribution in [0.3, 0.4) is 0 Å². The maximum atomic E-state index is 13.8. The highest BCUT2D eigenvalue weighted by molar-refractivity contribution is 5.53. The third-order valence-corrected chi connectivity index (χ3v) is 3.90. The van der Waals surface area contributed by atoms with Crippen LogP contribution in [0.2, 0.25) is 0 Å². The normalized spacial score (nSPS) is 18.7. The molecule has 5 heteroatoms. The summed E-state index contributed by atoms with van der Waals surface area (Å²) in [5.41, 5.74) is 0.344. The number of hydrogen-bond donors (Lipinski definition) is 0. The van der Waals surface area contributed by atoms with Crippen molar-refractivity contribution in [3.05, 3.63) is 36.0 Å². The molecular weight excluding hydrogens is 281 g/mol. The zero-order valence-corrected chi connectivity index (χ0v) is 12.6. The van der Waals surface area contributed by atoms with Crippen LogP contribution >= 0.6 is 0 Å². The molecule has 114 valence electrons. The molecule has 2 heterocycles. The molecular formula is C17H18FN3O. The van der Waals surface area contributed by atoms with Gasteiger partial charge in [0.2, 0.25) is 5.89 Å². The van der Waals surface area contributed by atoms with Crippen molar-refractivity contribution in [1.29, 1.82) is 0 Å². The second-order valence-corrected chi connectivity index (χ2v) is 5.33. The van der Waals surface area contributed by atoms with E-state index in [-0.39, 0.29) is 17.7 Å². The Morgan fingerprint density at radius 2 is 2.18 bits per heavy atom. The second-order valence-electron chi connectivity index (χ2n) is 5.33. The van der Waals surface area contributed by atoms with Gasteiger partial charge in [0, 0.05) is 0 Å². The summed E-state index contributed by atoms with van der Waals surface area (Å²) in [7, 11) is 0. The number of benzene rings is 1. The van der Waals surface area contributed by atoms with Crippen LogP contribution in [0.5, 0.6) is 0 Å². The fourth-order valence-electron chi connectivity index (χ4n) is 2.75. The van der Waals surface area contributed by atoms with Crippen LogP contribution in [0.1, 0.15) is 38.1 Å². The van der Waals surface area contributed by atoms with E-state index in [0.29, 0.717) is 18.0 Å².